The molecule has 0 fully saturated rings. The van der Waals surface area contributed by atoms with E-state index >= 15 is 0 Å². The minimum absolute atomic E-state index is 0.286. The number of nitrogens with one attached hydrogen (secondary N) is 1. The fourth-order valence-corrected chi connectivity index (χ4v) is 2.76. The van der Waals surface area contributed by atoms with Crippen molar-refractivity contribution in [2.45, 2.75) is 13.5 Å². The SMILES string of the molecule is Cc1nsnc1COc1cccc(C(=O)Nc2cccc(C(N)=O)c2)c1. The highest BCUT2D eigenvalue weighted by Crippen LogP contribution is 2.18. The lowest BCUT2D eigenvalue weighted by molar-refractivity contribution is 0.0996. The number of carbonyl (C=O) groups is 2. The molecule has 0 aliphatic carbocycles. The Morgan fingerprint density at radius 2 is 1.88 bits per heavy atom. The summed E-state index contributed by atoms with van der Waals surface area (Å²) < 4.78 is 13.9. The summed E-state index contributed by atoms with van der Waals surface area (Å²) in [6, 6.07) is 13.3. The van der Waals surface area contributed by atoms with E-state index in [1.807, 2.05) is 6.92 Å². The van der Waals surface area contributed by atoms with Crippen LogP contribution in [0.5, 0.6) is 5.75 Å². The third-order valence-electron chi connectivity index (χ3n) is 3.62. The van der Waals surface area contributed by atoms with E-state index in [1.165, 1.54) is 6.07 Å². The molecular weight excluding hydrogens is 352 g/mol. The number of ether oxygens (including phenoxy) is 1. The molecule has 0 saturated heterocycles. The molecule has 0 aliphatic heterocycles. The lowest BCUT2D eigenvalue weighted by atomic mass is 10.1. The number of rotatable bonds is 6. The summed E-state index contributed by atoms with van der Waals surface area (Å²) in [4.78, 5) is 23.7. The molecule has 0 spiro atoms. The molecule has 7 nitrogen and oxygen atoms in total. The zero-order valence-electron chi connectivity index (χ0n) is 13.9. The van der Waals surface area contributed by atoms with Crippen molar-refractivity contribution in [3.05, 3.63) is 71.0 Å². The van der Waals surface area contributed by atoms with Crippen LogP contribution in [-0.2, 0) is 6.61 Å². The molecule has 0 aliphatic rings. The number of nitrogens with two attached hydrogens (primary N) is 1. The van der Waals surface area contributed by atoms with E-state index in [2.05, 4.69) is 14.1 Å². The van der Waals surface area contributed by atoms with Crippen molar-refractivity contribution >= 4 is 29.2 Å². The van der Waals surface area contributed by atoms with Gasteiger partial charge >= 0.3 is 0 Å². The van der Waals surface area contributed by atoms with Gasteiger partial charge in [0, 0.05) is 16.8 Å². The number of hydrogen-bond donors (Lipinski definition) is 2. The van der Waals surface area contributed by atoms with Crippen molar-refractivity contribution < 1.29 is 14.3 Å². The van der Waals surface area contributed by atoms with Crippen molar-refractivity contribution in [3.8, 4) is 5.75 Å². The zero-order chi connectivity index (χ0) is 18.5. The van der Waals surface area contributed by atoms with E-state index in [0.717, 1.165) is 23.1 Å². The first-order valence-electron chi connectivity index (χ1n) is 7.75. The number of aryl methyl sites for hydroxylation is 1. The Kier molecular flexibility index (Phi) is 5.23. The van der Waals surface area contributed by atoms with Gasteiger partial charge in [-0.05, 0) is 43.3 Å². The summed E-state index contributed by atoms with van der Waals surface area (Å²) in [6.07, 6.45) is 0. The Balaban J connectivity index is 1.69. The molecule has 3 N–H and O–H groups in total. The normalized spacial score (nSPS) is 10.3. The number of aromatic nitrogens is 2. The predicted molar refractivity (Wildman–Crippen MR) is 98.3 cm³/mol. The maximum Gasteiger partial charge on any atom is 0.255 e. The molecule has 26 heavy (non-hydrogen) atoms. The first-order valence-corrected chi connectivity index (χ1v) is 8.48. The van der Waals surface area contributed by atoms with E-state index in [0.29, 0.717) is 22.6 Å². The maximum atomic E-state index is 12.4. The Morgan fingerprint density at radius 3 is 2.62 bits per heavy atom. The van der Waals surface area contributed by atoms with Crippen molar-refractivity contribution in [2.24, 2.45) is 5.73 Å². The topological polar surface area (TPSA) is 107 Å². The molecule has 0 saturated carbocycles. The highest BCUT2D eigenvalue weighted by atomic mass is 32.1. The number of anilines is 1. The number of primary amides is 1. The van der Waals surface area contributed by atoms with Crippen LogP contribution in [0, 0.1) is 6.92 Å². The molecule has 0 bridgehead atoms. The van der Waals surface area contributed by atoms with Crippen LogP contribution in [0.2, 0.25) is 0 Å². The highest BCUT2D eigenvalue weighted by Gasteiger charge is 2.10. The molecule has 0 unspecified atom stereocenters. The van der Waals surface area contributed by atoms with Crippen LogP contribution in [0.3, 0.4) is 0 Å². The van der Waals surface area contributed by atoms with Crippen LogP contribution < -0.4 is 15.8 Å². The fraction of sp³-hybridized carbons (Fsp3) is 0.111. The van der Waals surface area contributed by atoms with Crippen LogP contribution in [0.4, 0.5) is 5.69 Å². The van der Waals surface area contributed by atoms with Gasteiger partial charge in [0.25, 0.3) is 5.91 Å². The first kappa shape index (κ1) is 17.6. The van der Waals surface area contributed by atoms with Crippen molar-refractivity contribution in [2.75, 3.05) is 5.32 Å². The summed E-state index contributed by atoms with van der Waals surface area (Å²) in [7, 11) is 0. The van der Waals surface area contributed by atoms with E-state index in [4.69, 9.17) is 10.5 Å². The third-order valence-corrected chi connectivity index (χ3v) is 4.28. The lowest BCUT2D eigenvalue weighted by Gasteiger charge is -2.09. The summed E-state index contributed by atoms with van der Waals surface area (Å²) in [6.45, 7) is 2.15. The predicted octanol–water partition coefficient (Wildman–Crippen LogP) is 2.78. The van der Waals surface area contributed by atoms with Crippen LogP contribution in [0.25, 0.3) is 0 Å². The van der Waals surface area contributed by atoms with Gasteiger partial charge in [0.1, 0.15) is 18.1 Å². The van der Waals surface area contributed by atoms with Gasteiger partial charge in [-0.1, -0.05) is 12.1 Å². The van der Waals surface area contributed by atoms with Crippen molar-refractivity contribution in [3.63, 3.8) is 0 Å². The van der Waals surface area contributed by atoms with E-state index in [9.17, 15) is 9.59 Å². The largest absolute Gasteiger partial charge is 0.487 e. The minimum atomic E-state index is -0.552. The molecule has 1 aromatic heterocycles. The second-order valence-corrected chi connectivity index (χ2v) is 6.04. The molecule has 132 valence electrons. The Morgan fingerprint density at radius 1 is 1.12 bits per heavy atom. The number of carbonyl (C=O) groups excluding carboxylic acids is 2. The van der Waals surface area contributed by atoms with Gasteiger partial charge in [0.2, 0.25) is 5.91 Å². The average molecular weight is 368 g/mol. The Bertz CT molecular complexity index is 955. The monoisotopic (exact) mass is 368 g/mol. The van der Waals surface area contributed by atoms with Crippen LogP contribution in [0.15, 0.2) is 48.5 Å². The van der Waals surface area contributed by atoms with Crippen LogP contribution in [-0.4, -0.2) is 20.6 Å². The summed E-state index contributed by atoms with van der Waals surface area (Å²) in [5.41, 5.74) is 8.10. The van der Waals surface area contributed by atoms with Crippen LogP contribution in [0.1, 0.15) is 32.1 Å². The standard InChI is InChI=1S/C18H16N4O3S/c1-11-16(22-26-21-11)10-25-15-7-3-5-13(9-15)18(24)20-14-6-2-4-12(8-14)17(19)23/h2-9H,10H2,1H3,(H2,19,23)(H,20,24). The average Bonchev–Trinajstić information content (AvgIpc) is 3.05. The summed E-state index contributed by atoms with van der Waals surface area (Å²) >= 11 is 1.14. The molecule has 8 heteroatoms. The zero-order valence-corrected chi connectivity index (χ0v) is 14.7. The molecule has 3 aromatic rings. The molecule has 3 rings (SSSR count). The lowest BCUT2D eigenvalue weighted by Crippen LogP contribution is -2.14. The second kappa shape index (κ2) is 7.75. The van der Waals surface area contributed by atoms with Gasteiger partial charge in [0.15, 0.2) is 0 Å². The van der Waals surface area contributed by atoms with Gasteiger partial charge in [-0.2, -0.15) is 8.75 Å². The van der Waals surface area contributed by atoms with Gasteiger partial charge < -0.3 is 15.8 Å². The third kappa shape index (κ3) is 4.22. The molecule has 0 atom stereocenters. The smallest absolute Gasteiger partial charge is 0.255 e. The fourth-order valence-electron chi connectivity index (χ4n) is 2.21. The van der Waals surface area contributed by atoms with Gasteiger partial charge in [-0.15, -0.1) is 0 Å². The number of hydrogen-bond acceptors (Lipinski definition) is 6. The Labute approximate surface area is 154 Å². The highest BCUT2D eigenvalue weighted by molar-refractivity contribution is 6.99. The van der Waals surface area contributed by atoms with Gasteiger partial charge in [0.05, 0.1) is 17.4 Å². The van der Waals surface area contributed by atoms with E-state index < -0.39 is 5.91 Å². The quantitative estimate of drug-likeness (QED) is 0.696. The minimum Gasteiger partial charge on any atom is -0.487 e. The molecule has 2 aromatic carbocycles. The molecule has 2 amide bonds. The summed E-state index contributed by atoms with van der Waals surface area (Å²) in [5, 5.41) is 2.74. The maximum absolute atomic E-state index is 12.4. The number of nitrogens with zero attached hydrogens (tertiary/aromatic N) is 2. The van der Waals surface area contributed by atoms with E-state index in [1.54, 1.807) is 42.5 Å². The molecular formula is C18H16N4O3S. The number of amides is 2. The Hall–Kier alpha value is -3.26. The van der Waals surface area contributed by atoms with E-state index in [-0.39, 0.29) is 12.5 Å². The summed E-state index contributed by atoms with van der Waals surface area (Å²) in [5.74, 6) is -0.317. The second-order valence-electron chi connectivity index (χ2n) is 5.51. The van der Waals surface area contributed by atoms with Crippen LogP contribution >= 0.6 is 11.7 Å². The number of benzene rings is 2. The molecule has 1 heterocycles. The van der Waals surface area contributed by atoms with Gasteiger partial charge in [-0.25, -0.2) is 0 Å². The van der Waals surface area contributed by atoms with Crippen molar-refractivity contribution in [1.29, 1.82) is 0 Å². The molecule has 0 radical (unpaired) electrons. The first-order chi connectivity index (χ1) is 12.5. The van der Waals surface area contributed by atoms with Gasteiger partial charge in [-0.3, -0.25) is 9.59 Å². The van der Waals surface area contributed by atoms with Crippen molar-refractivity contribution in [1.82, 2.24) is 8.75 Å².